The Morgan fingerprint density at radius 1 is 1.08 bits per heavy atom. The van der Waals surface area contributed by atoms with Crippen LogP contribution in [0, 0.1) is 5.82 Å². The molecular formula is C15H9Cl2F3N2O3. The highest BCUT2D eigenvalue weighted by atomic mass is 35.5. The molecule has 2 N–H and O–H groups in total. The smallest absolute Gasteiger partial charge is 0.420 e. The Morgan fingerprint density at radius 3 is 2.32 bits per heavy atom. The van der Waals surface area contributed by atoms with Crippen molar-refractivity contribution in [2.24, 2.45) is 0 Å². The second-order valence-corrected chi connectivity index (χ2v) is 5.45. The summed E-state index contributed by atoms with van der Waals surface area (Å²) in [6.45, 7) is 0. The monoisotopic (exact) mass is 392 g/mol. The van der Waals surface area contributed by atoms with Crippen molar-refractivity contribution >= 4 is 40.8 Å². The van der Waals surface area contributed by atoms with Gasteiger partial charge in [-0.15, -0.1) is 8.78 Å². The molecule has 0 aliphatic heterocycles. The van der Waals surface area contributed by atoms with Gasteiger partial charge in [0.15, 0.2) is 0 Å². The topological polar surface area (TPSA) is 67.4 Å². The molecule has 5 nitrogen and oxygen atoms in total. The molecule has 0 fully saturated rings. The van der Waals surface area contributed by atoms with Gasteiger partial charge in [0.05, 0.1) is 10.6 Å². The van der Waals surface area contributed by atoms with Gasteiger partial charge >= 0.3 is 11.6 Å². The van der Waals surface area contributed by atoms with Gasteiger partial charge in [-0.2, -0.15) is 0 Å². The Hall–Kier alpha value is -2.45. The highest BCUT2D eigenvalue weighted by Crippen LogP contribution is 2.26. The zero-order valence-electron chi connectivity index (χ0n) is 12.2. The molecule has 2 rings (SSSR count). The van der Waals surface area contributed by atoms with Crippen molar-refractivity contribution in [3.8, 4) is 5.75 Å². The molecular weight excluding hydrogens is 384 g/mol. The number of ether oxygens (including phenoxy) is 1. The summed E-state index contributed by atoms with van der Waals surface area (Å²) in [5, 5.41) is 4.20. The zero-order chi connectivity index (χ0) is 18.6. The zero-order valence-corrected chi connectivity index (χ0v) is 13.7. The molecule has 0 bridgehead atoms. The van der Waals surface area contributed by atoms with Crippen LogP contribution in [0.3, 0.4) is 0 Å². The number of anilines is 1. The van der Waals surface area contributed by atoms with Crippen molar-refractivity contribution in [2.75, 3.05) is 5.32 Å². The highest BCUT2D eigenvalue weighted by Gasteiger charge is 2.27. The minimum Gasteiger partial charge on any atom is -0.420 e. The van der Waals surface area contributed by atoms with Crippen LogP contribution in [0.1, 0.15) is 10.4 Å². The van der Waals surface area contributed by atoms with Crippen molar-refractivity contribution in [3.05, 3.63) is 58.9 Å². The number of carbonyl (C=O) groups is 2. The Bertz CT molecular complexity index is 796. The van der Waals surface area contributed by atoms with E-state index in [2.05, 4.69) is 21.7 Å². The number of imide groups is 1. The Kier molecular flexibility index (Phi) is 5.76. The first-order valence-electron chi connectivity index (χ1n) is 6.57. The minimum atomic E-state index is -3.86. The molecule has 10 heteroatoms. The minimum absolute atomic E-state index is 0.0322. The highest BCUT2D eigenvalue weighted by molar-refractivity contribution is 6.34. The molecule has 2 aromatic carbocycles. The van der Waals surface area contributed by atoms with Crippen LogP contribution in [0.15, 0.2) is 42.5 Å². The number of halogens is 5. The third-order valence-electron chi connectivity index (χ3n) is 2.75. The molecule has 2 aromatic rings. The molecule has 0 saturated heterocycles. The average molecular weight is 393 g/mol. The van der Waals surface area contributed by atoms with Crippen LogP contribution in [0.25, 0.3) is 0 Å². The van der Waals surface area contributed by atoms with E-state index in [4.69, 9.17) is 11.6 Å². The number of alkyl halides is 3. The number of hydrogen-bond donors (Lipinski definition) is 2. The molecule has 3 amide bonds. The maximum Gasteiger partial charge on any atom is 0.487 e. The first-order chi connectivity index (χ1) is 11.6. The van der Waals surface area contributed by atoms with E-state index in [0.29, 0.717) is 0 Å². The molecule has 0 aliphatic rings. The summed E-state index contributed by atoms with van der Waals surface area (Å²) < 4.78 is 42.2. The van der Waals surface area contributed by atoms with Crippen LogP contribution in [0.4, 0.5) is 23.7 Å². The molecule has 0 spiro atoms. The van der Waals surface area contributed by atoms with E-state index in [1.54, 1.807) is 0 Å². The summed E-state index contributed by atoms with van der Waals surface area (Å²) in [7, 11) is 0. The van der Waals surface area contributed by atoms with Crippen LogP contribution in [-0.2, 0) is 0 Å². The van der Waals surface area contributed by atoms with E-state index in [1.165, 1.54) is 18.2 Å². The number of carbonyl (C=O) groups excluding carboxylic acids is 2. The maximum absolute atomic E-state index is 13.1. The summed E-state index contributed by atoms with van der Waals surface area (Å²) in [4.78, 5) is 23.6. The lowest BCUT2D eigenvalue weighted by Crippen LogP contribution is -2.34. The van der Waals surface area contributed by atoms with E-state index in [0.717, 1.165) is 24.3 Å². The van der Waals surface area contributed by atoms with E-state index >= 15 is 0 Å². The molecule has 0 saturated carbocycles. The van der Waals surface area contributed by atoms with Gasteiger partial charge < -0.3 is 10.1 Å². The fourth-order valence-electron chi connectivity index (χ4n) is 1.74. The summed E-state index contributed by atoms with van der Waals surface area (Å²) in [6.07, 6.45) is 0. The van der Waals surface area contributed by atoms with Gasteiger partial charge in [-0.25, -0.2) is 9.18 Å². The third kappa shape index (κ3) is 5.84. The van der Waals surface area contributed by atoms with Crippen molar-refractivity contribution in [1.29, 1.82) is 0 Å². The van der Waals surface area contributed by atoms with E-state index in [-0.39, 0.29) is 22.0 Å². The molecule has 0 aromatic heterocycles. The fourth-order valence-corrected chi connectivity index (χ4v) is 2.04. The van der Waals surface area contributed by atoms with Gasteiger partial charge in [0.2, 0.25) is 0 Å². The first kappa shape index (κ1) is 18.9. The van der Waals surface area contributed by atoms with E-state index < -0.39 is 23.3 Å². The Labute approximate surface area is 149 Å². The molecule has 25 heavy (non-hydrogen) atoms. The summed E-state index contributed by atoms with van der Waals surface area (Å²) in [5.41, 5.74) is -3.89. The number of urea groups is 1. The van der Waals surface area contributed by atoms with Crippen molar-refractivity contribution < 1.29 is 27.5 Å². The van der Waals surface area contributed by atoms with Crippen molar-refractivity contribution in [3.63, 3.8) is 0 Å². The average Bonchev–Trinajstić information content (AvgIpc) is 2.50. The van der Waals surface area contributed by atoms with Crippen molar-refractivity contribution in [1.82, 2.24) is 5.32 Å². The summed E-state index contributed by atoms with van der Waals surface area (Å²) in [5.74, 6) is -1.83. The predicted octanol–water partition coefficient (Wildman–Crippen LogP) is 4.61. The van der Waals surface area contributed by atoms with Crippen LogP contribution in [0.2, 0.25) is 5.02 Å². The second kappa shape index (κ2) is 7.62. The lowest BCUT2D eigenvalue weighted by atomic mass is 10.2. The van der Waals surface area contributed by atoms with Gasteiger partial charge in [0.25, 0.3) is 5.91 Å². The molecule has 132 valence electrons. The molecule has 0 atom stereocenters. The predicted molar refractivity (Wildman–Crippen MR) is 85.8 cm³/mol. The van der Waals surface area contributed by atoms with Gasteiger partial charge in [-0.1, -0.05) is 11.6 Å². The van der Waals surface area contributed by atoms with Crippen LogP contribution in [0.5, 0.6) is 5.75 Å². The lowest BCUT2D eigenvalue weighted by Gasteiger charge is -2.11. The van der Waals surface area contributed by atoms with Crippen LogP contribution < -0.4 is 15.4 Å². The number of rotatable bonds is 4. The van der Waals surface area contributed by atoms with Gasteiger partial charge in [0.1, 0.15) is 11.6 Å². The van der Waals surface area contributed by atoms with Crippen molar-refractivity contribution in [2.45, 2.75) is 5.57 Å². The Morgan fingerprint density at radius 2 is 1.72 bits per heavy atom. The number of benzene rings is 2. The van der Waals surface area contributed by atoms with Gasteiger partial charge in [-0.05, 0) is 42.5 Å². The molecule has 0 unspecified atom stereocenters. The van der Waals surface area contributed by atoms with E-state index in [1.807, 2.05) is 5.32 Å². The molecule has 0 radical (unpaired) electrons. The van der Waals surface area contributed by atoms with Crippen LogP contribution >= 0.6 is 23.2 Å². The SMILES string of the molecule is O=C(NC(=O)c1cc(F)ccc1Cl)Nc1ccc(OC(F)(F)Cl)cc1. The van der Waals surface area contributed by atoms with Crippen LogP contribution in [-0.4, -0.2) is 17.5 Å². The molecule has 0 aliphatic carbocycles. The Balaban J connectivity index is 1.98. The van der Waals surface area contributed by atoms with Gasteiger partial charge in [0, 0.05) is 17.3 Å². The van der Waals surface area contributed by atoms with Gasteiger partial charge in [-0.3, -0.25) is 10.1 Å². The maximum atomic E-state index is 13.1. The normalized spacial score (nSPS) is 10.9. The number of hydrogen-bond acceptors (Lipinski definition) is 3. The first-order valence-corrected chi connectivity index (χ1v) is 7.33. The molecule has 0 heterocycles. The lowest BCUT2D eigenvalue weighted by molar-refractivity contribution is -0.0964. The quantitative estimate of drug-likeness (QED) is 0.746. The standard InChI is InChI=1S/C15H9Cl2F3N2O3/c16-12-6-1-8(18)7-11(12)13(23)22-14(24)21-9-2-4-10(5-3-9)25-15(17,19)20/h1-7H,(H2,21,22,23,24). The largest absolute Gasteiger partial charge is 0.487 e. The second-order valence-electron chi connectivity index (χ2n) is 4.60. The number of nitrogens with one attached hydrogen (secondary N) is 2. The summed E-state index contributed by atoms with van der Waals surface area (Å²) in [6, 6.07) is 6.95. The fraction of sp³-hybridized carbons (Fsp3) is 0.0667. The number of amides is 3. The summed E-state index contributed by atoms with van der Waals surface area (Å²) >= 11 is 10.4. The third-order valence-corrected chi connectivity index (χ3v) is 3.15. The van der Waals surface area contributed by atoms with E-state index in [9.17, 15) is 22.8 Å².